The molecule has 1 aromatic heterocycles. The molecule has 0 saturated carbocycles. The number of unbranched alkanes of at least 4 members (excludes halogenated alkanes) is 1. The van der Waals surface area contributed by atoms with Gasteiger partial charge in [-0.15, -0.1) is 0 Å². The number of imidazole rings is 1. The van der Waals surface area contributed by atoms with E-state index in [0.29, 0.717) is 25.1 Å². The lowest BCUT2D eigenvalue weighted by Crippen LogP contribution is -2.69. The van der Waals surface area contributed by atoms with Crippen LogP contribution >= 0.6 is 0 Å². The van der Waals surface area contributed by atoms with Crippen LogP contribution < -0.4 is 38.5 Å². The molecule has 5 atom stereocenters. The molecule has 0 aromatic carbocycles. The minimum absolute atomic E-state index is 0.187. The summed E-state index contributed by atoms with van der Waals surface area (Å²) in [7, 11) is 0. The fourth-order valence-electron chi connectivity index (χ4n) is 3.91. The first-order valence-corrected chi connectivity index (χ1v) is 13.9. The number of hydrogen-bond acceptors (Lipinski definition) is 9. The van der Waals surface area contributed by atoms with Crippen molar-refractivity contribution < 1.29 is 60.3 Å². The van der Waals surface area contributed by atoms with Crippen molar-refractivity contribution >= 4 is 41.5 Å². The minimum Gasteiger partial charge on any atom is -0.481 e. The monoisotopic (exact) mass is 629 g/mol. The number of nitrogens with two attached hydrogens (primary N) is 1. The third-order valence-corrected chi connectivity index (χ3v) is 6.42. The Morgan fingerprint density at radius 2 is 1.39 bits per heavy atom. The van der Waals surface area contributed by atoms with Crippen LogP contribution in [0.4, 0.5) is 0 Å². The van der Waals surface area contributed by atoms with Gasteiger partial charge in [-0.1, -0.05) is 0 Å². The lowest BCUT2D eigenvalue weighted by Gasteiger charge is -2.25. The zero-order chi connectivity index (χ0) is 33.2. The van der Waals surface area contributed by atoms with Crippen LogP contribution in [0.1, 0.15) is 50.6 Å². The number of nitrogens with one attached hydrogen (secondary N) is 5. The zero-order valence-corrected chi connectivity index (χ0v) is 24.3. The van der Waals surface area contributed by atoms with Crippen molar-refractivity contribution in [3.63, 3.8) is 0 Å². The molecule has 1 heterocycles. The molecule has 0 aliphatic rings. The number of hydrogen-bond donors (Lipinski definition) is 11. The summed E-state index contributed by atoms with van der Waals surface area (Å²) < 4.78 is 0. The Labute approximate surface area is 252 Å². The van der Waals surface area contributed by atoms with Gasteiger partial charge < -0.3 is 58.8 Å². The number of nitrogens with zero attached hydrogens (tertiary/aromatic N) is 1. The Kier molecular flexibility index (Phi) is 16.6. The van der Waals surface area contributed by atoms with E-state index in [-0.39, 0.29) is 19.3 Å². The predicted molar refractivity (Wildman–Crippen MR) is 148 cm³/mol. The van der Waals surface area contributed by atoms with Gasteiger partial charge >= 0.3 is 11.9 Å². The van der Waals surface area contributed by atoms with Crippen molar-refractivity contribution in [3.05, 3.63) is 18.2 Å². The average Bonchev–Trinajstić information content (AvgIpc) is 3.48. The highest BCUT2D eigenvalue weighted by molar-refractivity contribution is 5.95. The van der Waals surface area contributed by atoms with Crippen LogP contribution in [-0.4, -0.2) is 110 Å². The summed E-state index contributed by atoms with van der Waals surface area (Å²) in [6.07, 6.45) is 2.64. The molecule has 0 bridgehead atoms. The van der Waals surface area contributed by atoms with Gasteiger partial charge in [-0.3, -0.25) is 28.8 Å². The topological polar surface area (TPSA) is 338 Å². The number of carbonyl (C=O) groups excluding carboxylic acids is 5. The second-order valence-electron chi connectivity index (χ2n) is 10.0. The molecule has 16 N–H and O–H groups in total. The fourth-order valence-corrected chi connectivity index (χ4v) is 3.91. The van der Waals surface area contributed by atoms with Gasteiger partial charge in [-0.2, -0.15) is 0 Å². The van der Waals surface area contributed by atoms with Gasteiger partial charge in [-0.25, -0.2) is 9.78 Å². The number of carboxylic acids is 2. The SMILES string of the molecule is NC(=O)CC[C@H](NC(=O)[C@H](Cc1cnc[nH]1)NC(=O)[C@H](CO)NC(=O)[C@@H]([NH3+])CCCC[NH3+])C(=O)N[C@@H](CCC(=O)O)C(=O)O. The number of aromatic nitrogens is 2. The highest BCUT2D eigenvalue weighted by Gasteiger charge is 2.32. The third kappa shape index (κ3) is 14.0. The van der Waals surface area contributed by atoms with Crippen molar-refractivity contribution in [1.82, 2.24) is 31.2 Å². The minimum atomic E-state index is -1.61. The molecule has 0 aliphatic heterocycles. The Balaban J connectivity index is 3.11. The van der Waals surface area contributed by atoms with Gasteiger partial charge in [0.25, 0.3) is 5.91 Å². The maximum Gasteiger partial charge on any atom is 0.326 e. The molecule has 1 aromatic rings. The largest absolute Gasteiger partial charge is 0.481 e. The number of aromatic amines is 1. The van der Waals surface area contributed by atoms with E-state index in [2.05, 4.69) is 42.7 Å². The standard InChI is InChI=1S/C25H41N9O10/c26-8-2-1-3-14(27)21(39)34-18(11-35)24(42)33-17(9-13-10-29-12-30-13)23(41)31-15(4-6-19(28)36)22(40)32-16(25(43)44)5-7-20(37)38/h10,12,14-18,35H,1-9,11,26-27H2,(H2,28,36)(H,29,30)(H,31,41)(H,32,40)(H,33,42)(H,34,39)(H,37,38)(H,43,44)/p+2/t14-,15-,16-,17-,18-/m0/s1. The average molecular weight is 630 g/mol. The summed E-state index contributed by atoms with van der Waals surface area (Å²) >= 11 is 0. The molecule has 19 heteroatoms. The predicted octanol–water partition coefficient (Wildman–Crippen LogP) is -5.88. The first-order valence-electron chi connectivity index (χ1n) is 13.9. The molecular weight excluding hydrogens is 586 g/mol. The molecule has 44 heavy (non-hydrogen) atoms. The molecule has 0 unspecified atom stereocenters. The highest BCUT2D eigenvalue weighted by Crippen LogP contribution is 2.06. The fraction of sp³-hybridized carbons (Fsp3) is 0.600. The van der Waals surface area contributed by atoms with Crippen molar-refractivity contribution in [2.75, 3.05) is 13.2 Å². The molecule has 0 radical (unpaired) electrons. The number of aliphatic carboxylic acids is 2. The third-order valence-electron chi connectivity index (χ3n) is 6.42. The van der Waals surface area contributed by atoms with E-state index in [1.807, 2.05) is 0 Å². The number of rotatable bonds is 22. The number of carboxylic acid groups (broad SMARTS) is 2. The molecule has 0 spiro atoms. The van der Waals surface area contributed by atoms with Crippen LogP contribution in [0.15, 0.2) is 12.5 Å². The molecule has 19 nitrogen and oxygen atoms in total. The number of amides is 5. The summed E-state index contributed by atoms with van der Waals surface area (Å²) in [4.78, 5) is 92.4. The molecule has 0 fully saturated rings. The van der Waals surface area contributed by atoms with E-state index in [0.717, 1.165) is 6.42 Å². The first kappa shape index (κ1) is 37.4. The van der Waals surface area contributed by atoms with Crippen LogP contribution in [-0.2, 0) is 40.0 Å². The Bertz CT molecular complexity index is 1130. The van der Waals surface area contributed by atoms with Gasteiger partial charge in [0, 0.05) is 37.6 Å². The van der Waals surface area contributed by atoms with Crippen LogP contribution in [0.5, 0.6) is 0 Å². The molecule has 0 aliphatic carbocycles. The van der Waals surface area contributed by atoms with Crippen molar-refractivity contribution in [2.24, 2.45) is 5.73 Å². The van der Waals surface area contributed by atoms with Gasteiger partial charge in [0.1, 0.15) is 24.2 Å². The number of H-pyrrole nitrogens is 1. The quantitative estimate of drug-likeness (QED) is 0.0536. The summed E-state index contributed by atoms with van der Waals surface area (Å²) in [5.74, 6) is -7.13. The zero-order valence-electron chi connectivity index (χ0n) is 24.3. The Hall–Kier alpha value is -4.62. The number of quaternary nitrogens is 2. The van der Waals surface area contributed by atoms with Crippen molar-refractivity contribution in [2.45, 2.75) is 81.6 Å². The maximum atomic E-state index is 13.4. The Morgan fingerprint density at radius 3 is 1.93 bits per heavy atom. The summed E-state index contributed by atoms with van der Waals surface area (Å²) in [5, 5.41) is 37.4. The molecule has 5 amide bonds. The van der Waals surface area contributed by atoms with E-state index in [1.165, 1.54) is 12.5 Å². The number of aliphatic hydroxyl groups is 1. The molecule has 0 saturated heterocycles. The maximum absolute atomic E-state index is 13.4. The van der Waals surface area contributed by atoms with Crippen LogP contribution in [0, 0.1) is 0 Å². The van der Waals surface area contributed by atoms with E-state index in [9.17, 15) is 43.8 Å². The Morgan fingerprint density at radius 1 is 0.818 bits per heavy atom. The highest BCUT2D eigenvalue weighted by atomic mass is 16.4. The van der Waals surface area contributed by atoms with Crippen molar-refractivity contribution in [1.29, 1.82) is 0 Å². The van der Waals surface area contributed by atoms with Crippen molar-refractivity contribution in [3.8, 4) is 0 Å². The van der Waals surface area contributed by atoms with Gasteiger partial charge in [0.15, 0.2) is 6.04 Å². The number of aliphatic hydroxyl groups excluding tert-OH is 1. The van der Waals surface area contributed by atoms with E-state index in [1.54, 1.807) is 0 Å². The van der Waals surface area contributed by atoms with Crippen LogP contribution in [0.3, 0.4) is 0 Å². The van der Waals surface area contributed by atoms with E-state index in [4.69, 9.17) is 10.8 Å². The summed E-state index contributed by atoms with van der Waals surface area (Å²) in [5.41, 5.74) is 13.1. The lowest BCUT2D eigenvalue weighted by molar-refractivity contribution is -0.406. The molecular formula is C25H43N9O10+2. The first-order chi connectivity index (χ1) is 20.8. The molecule has 246 valence electrons. The second-order valence-corrected chi connectivity index (χ2v) is 10.0. The smallest absolute Gasteiger partial charge is 0.326 e. The van der Waals surface area contributed by atoms with E-state index < -0.39 is 91.1 Å². The summed E-state index contributed by atoms with van der Waals surface area (Å²) in [6, 6.07) is -6.69. The van der Waals surface area contributed by atoms with Gasteiger partial charge in [0.2, 0.25) is 23.6 Å². The number of carbonyl (C=O) groups is 7. The van der Waals surface area contributed by atoms with Crippen LogP contribution in [0.2, 0.25) is 0 Å². The lowest BCUT2D eigenvalue weighted by atomic mass is 10.1. The van der Waals surface area contributed by atoms with Gasteiger partial charge in [-0.05, 0) is 25.7 Å². The van der Waals surface area contributed by atoms with Crippen LogP contribution in [0.25, 0.3) is 0 Å². The van der Waals surface area contributed by atoms with Gasteiger partial charge in [0.05, 0.1) is 19.5 Å². The second kappa shape index (κ2) is 19.5. The number of primary amides is 1. The normalized spacial score (nSPS) is 14.2. The molecule has 1 rings (SSSR count). The van der Waals surface area contributed by atoms with E-state index >= 15 is 0 Å². The summed E-state index contributed by atoms with van der Waals surface area (Å²) in [6.45, 7) is -0.121.